The molecule has 3 aromatic rings. The van der Waals surface area contributed by atoms with Gasteiger partial charge in [0.05, 0.1) is 0 Å². The number of aliphatic hydroxyl groups is 1. The molecule has 1 aromatic heterocycles. The van der Waals surface area contributed by atoms with E-state index in [2.05, 4.69) is 19.6 Å². The van der Waals surface area contributed by atoms with Gasteiger partial charge in [0.1, 0.15) is 17.6 Å². The van der Waals surface area contributed by atoms with Crippen LogP contribution in [0.1, 0.15) is 23.9 Å². The maximum atomic E-state index is 10.6. The SMILES string of the molecule is OC(c1ccc(Oc2ccccc2)cc1)c1nsc(N2CCCNCC2)n1. The number of nitrogens with one attached hydrogen (secondary N) is 1. The van der Waals surface area contributed by atoms with Crippen molar-refractivity contribution >= 4 is 16.7 Å². The van der Waals surface area contributed by atoms with Crippen molar-refractivity contribution in [3.8, 4) is 11.5 Å². The van der Waals surface area contributed by atoms with E-state index in [-0.39, 0.29) is 0 Å². The van der Waals surface area contributed by atoms with Crippen molar-refractivity contribution in [2.45, 2.75) is 12.5 Å². The fourth-order valence-electron chi connectivity index (χ4n) is 2.99. The third-order valence-electron chi connectivity index (χ3n) is 4.46. The number of benzene rings is 2. The maximum Gasteiger partial charge on any atom is 0.205 e. The zero-order chi connectivity index (χ0) is 18.5. The van der Waals surface area contributed by atoms with Gasteiger partial charge in [-0.05, 0) is 42.8 Å². The van der Waals surface area contributed by atoms with Crippen molar-refractivity contribution in [2.24, 2.45) is 0 Å². The van der Waals surface area contributed by atoms with Crippen LogP contribution in [0, 0.1) is 0 Å². The third kappa shape index (κ3) is 4.44. The molecule has 0 spiro atoms. The van der Waals surface area contributed by atoms with Crippen LogP contribution < -0.4 is 15.0 Å². The molecule has 6 nitrogen and oxygen atoms in total. The number of rotatable bonds is 5. The normalized spacial score (nSPS) is 16.0. The van der Waals surface area contributed by atoms with Crippen LogP contribution in [0.15, 0.2) is 54.6 Å². The van der Waals surface area contributed by atoms with E-state index in [9.17, 15) is 5.11 Å². The van der Waals surface area contributed by atoms with Crippen LogP contribution in [0.3, 0.4) is 0 Å². The van der Waals surface area contributed by atoms with Crippen molar-refractivity contribution in [3.05, 3.63) is 66.0 Å². The van der Waals surface area contributed by atoms with E-state index in [1.165, 1.54) is 11.5 Å². The fraction of sp³-hybridized carbons (Fsp3) is 0.300. The van der Waals surface area contributed by atoms with Crippen molar-refractivity contribution in [1.82, 2.24) is 14.7 Å². The quantitative estimate of drug-likeness (QED) is 0.706. The van der Waals surface area contributed by atoms with Gasteiger partial charge in [0.15, 0.2) is 5.82 Å². The molecule has 1 aliphatic heterocycles. The van der Waals surface area contributed by atoms with Crippen molar-refractivity contribution in [3.63, 3.8) is 0 Å². The summed E-state index contributed by atoms with van der Waals surface area (Å²) in [7, 11) is 0. The van der Waals surface area contributed by atoms with Gasteiger partial charge in [0.25, 0.3) is 0 Å². The molecule has 27 heavy (non-hydrogen) atoms. The topological polar surface area (TPSA) is 70.5 Å². The lowest BCUT2D eigenvalue weighted by molar-refractivity contribution is 0.211. The molecule has 1 saturated heterocycles. The number of hydrogen-bond acceptors (Lipinski definition) is 7. The molecule has 0 saturated carbocycles. The number of nitrogens with zero attached hydrogens (tertiary/aromatic N) is 3. The third-order valence-corrected chi connectivity index (χ3v) is 5.25. The molecule has 1 fully saturated rings. The lowest BCUT2D eigenvalue weighted by atomic mass is 10.1. The second-order valence-electron chi connectivity index (χ2n) is 6.41. The van der Waals surface area contributed by atoms with Crippen LogP contribution in [0.25, 0.3) is 0 Å². The van der Waals surface area contributed by atoms with Gasteiger partial charge in [0.2, 0.25) is 5.13 Å². The molecule has 0 bridgehead atoms. The van der Waals surface area contributed by atoms with E-state index in [0.717, 1.165) is 54.8 Å². The van der Waals surface area contributed by atoms with Crippen LogP contribution in [-0.4, -0.2) is 40.6 Å². The number of hydrogen-bond donors (Lipinski definition) is 2. The highest BCUT2D eigenvalue weighted by molar-refractivity contribution is 7.09. The van der Waals surface area contributed by atoms with E-state index in [1.54, 1.807) is 0 Å². The van der Waals surface area contributed by atoms with Crippen molar-refractivity contribution < 1.29 is 9.84 Å². The van der Waals surface area contributed by atoms with E-state index >= 15 is 0 Å². The Morgan fingerprint density at radius 3 is 2.59 bits per heavy atom. The summed E-state index contributed by atoms with van der Waals surface area (Å²) in [5.74, 6) is 1.95. The molecule has 4 rings (SSSR count). The summed E-state index contributed by atoms with van der Waals surface area (Å²) in [6.07, 6.45) is 0.242. The van der Waals surface area contributed by atoms with Gasteiger partial charge >= 0.3 is 0 Å². The molecular weight excluding hydrogens is 360 g/mol. The second kappa shape index (κ2) is 8.47. The fourth-order valence-corrected chi connectivity index (χ4v) is 3.74. The summed E-state index contributed by atoms with van der Waals surface area (Å²) >= 11 is 1.35. The molecule has 1 aliphatic rings. The highest BCUT2D eigenvalue weighted by atomic mass is 32.1. The van der Waals surface area contributed by atoms with Gasteiger partial charge in [-0.2, -0.15) is 4.37 Å². The Bertz CT molecular complexity index is 846. The molecule has 140 valence electrons. The smallest absolute Gasteiger partial charge is 0.205 e. The minimum absolute atomic E-state index is 0.448. The predicted octanol–water partition coefficient (Wildman–Crippen LogP) is 3.21. The molecule has 2 N–H and O–H groups in total. The van der Waals surface area contributed by atoms with Crippen molar-refractivity contribution in [2.75, 3.05) is 31.1 Å². The zero-order valence-corrected chi connectivity index (χ0v) is 15.7. The van der Waals surface area contributed by atoms with Crippen LogP contribution in [0.2, 0.25) is 0 Å². The summed E-state index contributed by atoms with van der Waals surface area (Å²) in [5.41, 5.74) is 0.747. The largest absolute Gasteiger partial charge is 0.457 e. The Morgan fingerprint density at radius 2 is 1.78 bits per heavy atom. The summed E-state index contributed by atoms with van der Waals surface area (Å²) in [5, 5.41) is 14.9. The summed E-state index contributed by atoms with van der Waals surface area (Å²) in [6, 6.07) is 17.0. The molecular formula is C20H22N4O2S. The number of anilines is 1. The summed E-state index contributed by atoms with van der Waals surface area (Å²) < 4.78 is 10.2. The first-order valence-corrected chi connectivity index (χ1v) is 9.87. The molecule has 0 aliphatic carbocycles. The van der Waals surface area contributed by atoms with Crippen LogP contribution >= 0.6 is 11.5 Å². The highest BCUT2D eigenvalue weighted by Crippen LogP contribution is 2.28. The molecule has 2 heterocycles. The molecule has 0 radical (unpaired) electrons. The van der Waals surface area contributed by atoms with Gasteiger partial charge < -0.3 is 20.1 Å². The first-order valence-electron chi connectivity index (χ1n) is 9.10. The minimum Gasteiger partial charge on any atom is -0.457 e. The van der Waals surface area contributed by atoms with Gasteiger partial charge in [-0.1, -0.05) is 30.3 Å². The lowest BCUT2D eigenvalue weighted by Crippen LogP contribution is -2.27. The summed E-state index contributed by atoms with van der Waals surface area (Å²) in [4.78, 5) is 6.79. The monoisotopic (exact) mass is 382 g/mol. The molecule has 1 atom stereocenters. The minimum atomic E-state index is -0.842. The number of aromatic nitrogens is 2. The second-order valence-corrected chi connectivity index (χ2v) is 7.14. The molecule has 2 aromatic carbocycles. The molecule has 1 unspecified atom stereocenters. The Hall–Kier alpha value is -2.48. The Morgan fingerprint density at radius 1 is 1.00 bits per heavy atom. The van der Waals surface area contributed by atoms with Gasteiger partial charge in [-0.25, -0.2) is 4.98 Å². The van der Waals surface area contributed by atoms with Gasteiger partial charge in [-0.3, -0.25) is 0 Å². The molecule has 0 amide bonds. The Labute approximate surface area is 162 Å². The number of aliphatic hydroxyl groups excluding tert-OH is 1. The lowest BCUT2D eigenvalue weighted by Gasteiger charge is -2.17. The summed E-state index contributed by atoms with van der Waals surface area (Å²) in [6.45, 7) is 3.85. The van der Waals surface area contributed by atoms with E-state index in [0.29, 0.717) is 5.82 Å². The van der Waals surface area contributed by atoms with Crippen molar-refractivity contribution in [1.29, 1.82) is 0 Å². The van der Waals surface area contributed by atoms with Crippen LogP contribution in [0.5, 0.6) is 11.5 Å². The van der Waals surface area contributed by atoms with E-state index < -0.39 is 6.10 Å². The maximum absolute atomic E-state index is 10.6. The van der Waals surface area contributed by atoms with Crippen LogP contribution in [0.4, 0.5) is 5.13 Å². The van der Waals surface area contributed by atoms with E-state index in [1.807, 2.05) is 54.6 Å². The Balaban J connectivity index is 1.44. The van der Waals surface area contributed by atoms with Gasteiger partial charge in [-0.15, -0.1) is 0 Å². The first kappa shape index (κ1) is 17.9. The average Bonchev–Trinajstić information content (AvgIpc) is 3.04. The Kier molecular flexibility index (Phi) is 5.62. The zero-order valence-electron chi connectivity index (χ0n) is 14.9. The number of para-hydroxylation sites is 1. The average molecular weight is 382 g/mol. The number of ether oxygens (including phenoxy) is 1. The predicted molar refractivity (Wildman–Crippen MR) is 107 cm³/mol. The van der Waals surface area contributed by atoms with Crippen LogP contribution in [-0.2, 0) is 0 Å². The molecule has 7 heteroatoms. The first-order chi connectivity index (χ1) is 13.3. The van der Waals surface area contributed by atoms with Gasteiger partial charge in [0, 0.05) is 31.2 Å². The highest BCUT2D eigenvalue weighted by Gasteiger charge is 2.19. The van der Waals surface area contributed by atoms with E-state index in [4.69, 9.17) is 4.74 Å². The standard InChI is InChI=1S/C20H22N4O2S/c25-18(19-22-20(27-23-19)24-13-4-11-21-12-14-24)15-7-9-17(10-8-15)26-16-5-2-1-3-6-16/h1-3,5-10,18,21,25H,4,11-14H2.